The summed E-state index contributed by atoms with van der Waals surface area (Å²) >= 11 is 0. The average Bonchev–Trinajstić information content (AvgIpc) is 2.55. The summed E-state index contributed by atoms with van der Waals surface area (Å²) in [5.74, 6) is 0.542. The lowest BCUT2D eigenvalue weighted by Gasteiger charge is -2.09. The number of amides is 1. The number of benzene rings is 2. The van der Waals surface area contributed by atoms with E-state index in [0.717, 1.165) is 29.7 Å². The zero-order valence-corrected chi connectivity index (χ0v) is 12.6. The van der Waals surface area contributed by atoms with Crippen LogP contribution in [-0.4, -0.2) is 13.0 Å². The molecule has 0 fully saturated rings. The first kappa shape index (κ1) is 16.0. The highest BCUT2D eigenvalue weighted by Crippen LogP contribution is 2.16. The SMILES string of the molecule is COc1ccccc1CNC(=O)CCCc1ccc(F)cc1. The standard InChI is InChI=1S/C18H20FNO2/c1-22-17-7-3-2-6-15(17)13-20-18(21)8-4-5-14-9-11-16(19)12-10-14/h2-3,6-7,9-12H,4-5,8,13H2,1H3,(H,20,21). The molecule has 0 bridgehead atoms. The maximum Gasteiger partial charge on any atom is 0.220 e. The monoisotopic (exact) mass is 301 g/mol. The number of carbonyl (C=O) groups is 1. The summed E-state index contributed by atoms with van der Waals surface area (Å²) in [4.78, 5) is 11.8. The first-order valence-electron chi connectivity index (χ1n) is 7.32. The summed E-state index contributed by atoms with van der Waals surface area (Å²) in [6.45, 7) is 0.458. The van der Waals surface area contributed by atoms with Crippen molar-refractivity contribution < 1.29 is 13.9 Å². The molecule has 1 N–H and O–H groups in total. The number of rotatable bonds is 7. The van der Waals surface area contributed by atoms with Crippen molar-refractivity contribution in [3.63, 3.8) is 0 Å². The predicted octanol–water partition coefficient (Wildman–Crippen LogP) is 3.47. The third kappa shape index (κ3) is 4.88. The highest BCUT2D eigenvalue weighted by molar-refractivity contribution is 5.75. The molecule has 0 aliphatic rings. The Bertz CT molecular complexity index is 611. The van der Waals surface area contributed by atoms with Crippen LogP contribution in [0.3, 0.4) is 0 Å². The number of aryl methyl sites for hydroxylation is 1. The highest BCUT2D eigenvalue weighted by Gasteiger charge is 2.05. The largest absolute Gasteiger partial charge is 0.496 e. The topological polar surface area (TPSA) is 38.3 Å². The fraction of sp³-hybridized carbons (Fsp3) is 0.278. The second-order valence-corrected chi connectivity index (χ2v) is 5.07. The van der Waals surface area contributed by atoms with Crippen LogP contribution in [0.25, 0.3) is 0 Å². The number of hydrogen-bond donors (Lipinski definition) is 1. The molecule has 2 aromatic rings. The molecule has 2 rings (SSSR count). The molecule has 0 aliphatic carbocycles. The summed E-state index contributed by atoms with van der Waals surface area (Å²) in [7, 11) is 1.61. The van der Waals surface area contributed by atoms with Crippen LogP contribution in [-0.2, 0) is 17.8 Å². The summed E-state index contributed by atoms with van der Waals surface area (Å²) in [6, 6.07) is 14.0. The van der Waals surface area contributed by atoms with Crippen LogP contribution in [0.4, 0.5) is 4.39 Å². The molecular formula is C18H20FNO2. The number of hydrogen-bond acceptors (Lipinski definition) is 2. The Morgan fingerprint density at radius 3 is 2.59 bits per heavy atom. The third-order valence-corrected chi connectivity index (χ3v) is 3.45. The van der Waals surface area contributed by atoms with Crippen molar-refractivity contribution in [1.29, 1.82) is 0 Å². The maximum atomic E-state index is 12.8. The molecule has 0 heterocycles. The Balaban J connectivity index is 1.73. The molecule has 0 spiro atoms. The second-order valence-electron chi connectivity index (χ2n) is 5.07. The van der Waals surface area contributed by atoms with E-state index >= 15 is 0 Å². The van der Waals surface area contributed by atoms with E-state index < -0.39 is 0 Å². The van der Waals surface area contributed by atoms with E-state index in [0.29, 0.717) is 13.0 Å². The first-order valence-corrected chi connectivity index (χ1v) is 7.32. The van der Waals surface area contributed by atoms with Gasteiger partial charge in [-0.15, -0.1) is 0 Å². The number of methoxy groups -OCH3 is 1. The molecule has 2 aromatic carbocycles. The van der Waals surface area contributed by atoms with Gasteiger partial charge in [-0.1, -0.05) is 30.3 Å². The van der Waals surface area contributed by atoms with Crippen LogP contribution < -0.4 is 10.1 Å². The molecule has 4 heteroatoms. The first-order chi connectivity index (χ1) is 10.7. The molecule has 0 aromatic heterocycles. The van der Waals surface area contributed by atoms with Crippen LogP contribution in [0.2, 0.25) is 0 Å². The van der Waals surface area contributed by atoms with E-state index in [9.17, 15) is 9.18 Å². The van der Waals surface area contributed by atoms with Gasteiger partial charge in [0, 0.05) is 18.5 Å². The molecule has 0 saturated carbocycles. The van der Waals surface area contributed by atoms with E-state index in [2.05, 4.69) is 5.32 Å². The van der Waals surface area contributed by atoms with Gasteiger partial charge in [-0.25, -0.2) is 4.39 Å². The zero-order valence-electron chi connectivity index (χ0n) is 12.6. The van der Waals surface area contributed by atoms with Crippen molar-refractivity contribution in [2.75, 3.05) is 7.11 Å². The van der Waals surface area contributed by atoms with Gasteiger partial charge in [0.25, 0.3) is 0 Å². The Labute approximate surface area is 130 Å². The van der Waals surface area contributed by atoms with Gasteiger partial charge in [-0.3, -0.25) is 4.79 Å². The third-order valence-electron chi connectivity index (χ3n) is 3.45. The van der Waals surface area contributed by atoms with Crippen molar-refractivity contribution in [2.24, 2.45) is 0 Å². The minimum absolute atomic E-state index is 0.00742. The Hall–Kier alpha value is -2.36. The van der Waals surface area contributed by atoms with Gasteiger partial charge >= 0.3 is 0 Å². The van der Waals surface area contributed by atoms with Gasteiger partial charge in [0.2, 0.25) is 5.91 Å². The van der Waals surface area contributed by atoms with Crippen molar-refractivity contribution in [3.8, 4) is 5.75 Å². The number of ether oxygens (including phenoxy) is 1. The van der Waals surface area contributed by atoms with Crippen molar-refractivity contribution >= 4 is 5.91 Å². The summed E-state index contributed by atoms with van der Waals surface area (Å²) in [5.41, 5.74) is 2.00. The van der Waals surface area contributed by atoms with Crippen molar-refractivity contribution in [3.05, 3.63) is 65.5 Å². The van der Waals surface area contributed by atoms with E-state index in [1.807, 2.05) is 24.3 Å². The quantitative estimate of drug-likeness (QED) is 0.850. The normalized spacial score (nSPS) is 10.3. The minimum atomic E-state index is -0.238. The van der Waals surface area contributed by atoms with Crippen LogP contribution in [0.5, 0.6) is 5.75 Å². The van der Waals surface area contributed by atoms with E-state index in [1.54, 1.807) is 19.2 Å². The molecule has 0 radical (unpaired) electrons. The second kappa shape index (κ2) is 8.17. The molecule has 22 heavy (non-hydrogen) atoms. The Morgan fingerprint density at radius 2 is 1.86 bits per heavy atom. The molecule has 0 aliphatic heterocycles. The number of halogens is 1. The molecule has 0 atom stereocenters. The fourth-order valence-corrected chi connectivity index (χ4v) is 2.24. The molecule has 3 nitrogen and oxygen atoms in total. The Kier molecular flexibility index (Phi) is 5.95. The highest BCUT2D eigenvalue weighted by atomic mass is 19.1. The van der Waals surface area contributed by atoms with Gasteiger partial charge in [0.15, 0.2) is 0 Å². The summed E-state index contributed by atoms with van der Waals surface area (Å²) in [6.07, 6.45) is 1.96. The van der Waals surface area contributed by atoms with Gasteiger partial charge in [-0.2, -0.15) is 0 Å². The smallest absolute Gasteiger partial charge is 0.220 e. The fourth-order valence-electron chi connectivity index (χ4n) is 2.24. The summed E-state index contributed by atoms with van der Waals surface area (Å²) < 4.78 is 18.0. The van der Waals surface area contributed by atoms with Crippen LogP contribution in [0, 0.1) is 5.82 Å². The van der Waals surface area contributed by atoms with Crippen molar-refractivity contribution in [1.82, 2.24) is 5.32 Å². The van der Waals surface area contributed by atoms with Gasteiger partial charge < -0.3 is 10.1 Å². The van der Waals surface area contributed by atoms with E-state index in [-0.39, 0.29) is 11.7 Å². The van der Waals surface area contributed by atoms with E-state index in [4.69, 9.17) is 4.74 Å². The zero-order chi connectivity index (χ0) is 15.8. The van der Waals surface area contributed by atoms with E-state index in [1.165, 1.54) is 12.1 Å². The number of nitrogens with one attached hydrogen (secondary N) is 1. The lowest BCUT2D eigenvalue weighted by Crippen LogP contribution is -2.22. The Morgan fingerprint density at radius 1 is 1.14 bits per heavy atom. The predicted molar refractivity (Wildman–Crippen MR) is 84.2 cm³/mol. The van der Waals surface area contributed by atoms with Crippen LogP contribution in [0.15, 0.2) is 48.5 Å². The van der Waals surface area contributed by atoms with Crippen LogP contribution in [0.1, 0.15) is 24.0 Å². The molecular weight excluding hydrogens is 281 g/mol. The lowest BCUT2D eigenvalue weighted by molar-refractivity contribution is -0.121. The minimum Gasteiger partial charge on any atom is -0.496 e. The molecule has 116 valence electrons. The number of carbonyl (C=O) groups excluding carboxylic acids is 1. The summed E-state index contributed by atoms with van der Waals surface area (Å²) in [5, 5.41) is 2.89. The van der Waals surface area contributed by atoms with Gasteiger partial charge in [-0.05, 0) is 36.6 Å². The molecule has 0 saturated heterocycles. The molecule has 0 unspecified atom stereocenters. The maximum absolute atomic E-state index is 12.8. The lowest BCUT2D eigenvalue weighted by atomic mass is 10.1. The van der Waals surface area contributed by atoms with Gasteiger partial charge in [0.1, 0.15) is 11.6 Å². The average molecular weight is 301 g/mol. The van der Waals surface area contributed by atoms with Crippen LogP contribution >= 0.6 is 0 Å². The van der Waals surface area contributed by atoms with Crippen molar-refractivity contribution in [2.45, 2.75) is 25.8 Å². The number of para-hydroxylation sites is 1. The van der Waals surface area contributed by atoms with Gasteiger partial charge in [0.05, 0.1) is 7.11 Å². The molecule has 1 amide bonds.